The fourth-order valence-electron chi connectivity index (χ4n) is 2.26. The van der Waals surface area contributed by atoms with Gasteiger partial charge in [-0.2, -0.15) is 5.10 Å². The molecule has 0 aliphatic carbocycles. The molecule has 0 aliphatic rings. The van der Waals surface area contributed by atoms with Crippen molar-refractivity contribution in [2.75, 3.05) is 6.54 Å². The zero-order chi connectivity index (χ0) is 16.5. The number of aromatic nitrogens is 3. The molecular formula is C14H23N5O2S. The van der Waals surface area contributed by atoms with Crippen LogP contribution in [0.4, 0.5) is 0 Å². The summed E-state index contributed by atoms with van der Waals surface area (Å²) in [7, 11) is -1.86. The van der Waals surface area contributed by atoms with E-state index < -0.39 is 15.6 Å². The van der Waals surface area contributed by atoms with Crippen molar-refractivity contribution in [2.24, 2.45) is 12.8 Å². The predicted octanol–water partition coefficient (Wildman–Crippen LogP) is 1.07. The molecule has 7 nitrogen and oxygen atoms in total. The Morgan fingerprint density at radius 1 is 1.36 bits per heavy atom. The molecular weight excluding hydrogens is 302 g/mol. The summed E-state index contributed by atoms with van der Waals surface area (Å²) in [4.78, 5) is 4.33. The lowest BCUT2D eigenvalue weighted by atomic mass is 9.95. The van der Waals surface area contributed by atoms with Crippen LogP contribution in [0.15, 0.2) is 17.2 Å². The maximum absolute atomic E-state index is 12.4. The fraction of sp³-hybridized carbons (Fsp3) is 0.571. The van der Waals surface area contributed by atoms with Crippen molar-refractivity contribution in [3.63, 3.8) is 0 Å². The van der Waals surface area contributed by atoms with E-state index in [4.69, 9.17) is 5.73 Å². The van der Waals surface area contributed by atoms with Gasteiger partial charge in [0, 0.05) is 30.7 Å². The van der Waals surface area contributed by atoms with Crippen LogP contribution in [-0.2, 0) is 17.1 Å². The highest BCUT2D eigenvalue weighted by atomic mass is 32.2. The summed E-state index contributed by atoms with van der Waals surface area (Å²) in [5.74, 6) is 0. The summed E-state index contributed by atoms with van der Waals surface area (Å²) in [5, 5.41) is 4.98. The van der Waals surface area contributed by atoms with Gasteiger partial charge in [-0.1, -0.05) is 13.8 Å². The molecule has 2 rings (SSSR count). The molecule has 0 atom stereocenters. The Morgan fingerprint density at radius 2 is 2.00 bits per heavy atom. The molecule has 0 spiro atoms. The number of fused-ring (bicyclic) bond motifs is 1. The highest BCUT2D eigenvalue weighted by molar-refractivity contribution is 7.89. The van der Waals surface area contributed by atoms with Gasteiger partial charge in [0.25, 0.3) is 0 Å². The number of pyridine rings is 1. The van der Waals surface area contributed by atoms with E-state index in [1.165, 1.54) is 6.20 Å². The van der Waals surface area contributed by atoms with Crippen molar-refractivity contribution in [3.8, 4) is 0 Å². The molecule has 2 aromatic rings. The van der Waals surface area contributed by atoms with E-state index in [0.29, 0.717) is 18.5 Å². The zero-order valence-electron chi connectivity index (χ0n) is 13.4. The Hall–Kier alpha value is -1.51. The van der Waals surface area contributed by atoms with Gasteiger partial charge >= 0.3 is 0 Å². The Morgan fingerprint density at radius 3 is 2.59 bits per heavy atom. The topological polar surface area (TPSA) is 103 Å². The Labute approximate surface area is 131 Å². The van der Waals surface area contributed by atoms with E-state index >= 15 is 0 Å². The molecule has 0 radical (unpaired) electrons. The minimum Gasteiger partial charge on any atom is -0.324 e. The maximum Gasteiger partial charge on any atom is 0.242 e. The molecule has 0 fully saturated rings. The standard InChI is InChI=1S/C14H23N5O2S/c1-5-14(15,6-2)9-17-22(20,21)11-7-12-10(3)18-19(4)13(12)16-8-11/h7-8,17H,5-6,9,15H2,1-4H3. The van der Waals surface area contributed by atoms with E-state index in [1.54, 1.807) is 17.8 Å². The molecule has 2 heterocycles. The lowest BCUT2D eigenvalue weighted by Crippen LogP contribution is -2.49. The van der Waals surface area contributed by atoms with E-state index in [-0.39, 0.29) is 11.4 Å². The quantitative estimate of drug-likeness (QED) is 0.827. The summed E-state index contributed by atoms with van der Waals surface area (Å²) in [5.41, 5.74) is 7.02. The van der Waals surface area contributed by atoms with Gasteiger partial charge in [0.15, 0.2) is 5.65 Å². The molecule has 0 unspecified atom stereocenters. The number of sulfonamides is 1. The third-order valence-corrected chi connectivity index (χ3v) is 5.54. The van der Waals surface area contributed by atoms with Crippen molar-refractivity contribution < 1.29 is 8.42 Å². The minimum absolute atomic E-state index is 0.130. The zero-order valence-corrected chi connectivity index (χ0v) is 14.2. The van der Waals surface area contributed by atoms with Crippen LogP contribution in [0.3, 0.4) is 0 Å². The monoisotopic (exact) mass is 325 g/mol. The van der Waals surface area contributed by atoms with Crippen LogP contribution in [0.5, 0.6) is 0 Å². The van der Waals surface area contributed by atoms with Gasteiger partial charge in [0.05, 0.1) is 5.69 Å². The molecule has 0 saturated carbocycles. The van der Waals surface area contributed by atoms with E-state index in [2.05, 4.69) is 14.8 Å². The third kappa shape index (κ3) is 3.13. The van der Waals surface area contributed by atoms with Crippen molar-refractivity contribution in [3.05, 3.63) is 18.0 Å². The van der Waals surface area contributed by atoms with Crippen LogP contribution in [0.25, 0.3) is 11.0 Å². The first-order chi connectivity index (χ1) is 10.2. The fourth-order valence-corrected chi connectivity index (χ4v) is 3.37. The molecule has 22 heavy (non-hydrogen) atoms. The molecule has 0 saturated heterocycles. The molecule has 0 aliphatic heterocycles. The van der Waals surface area contributed by atoms with Crippen LogP contribution in [0.2, 0.25) is 0 Å². The van der Waals surface area contributed by atoms with Gasteiger partial charge in [0.1, 0.15) is 4.90 Å². The summed E-state index contributed by atoms with van der Waals surface area (Å²) >= 11 is 0. The number of rotatable bonds is 6. The number of hydrogen-bond donors (Lipinski definition) is 2. The average Bonchev–Trinajstić information content (AvgIpc) is 2.79. The number of hydrogen-bond acceptors (Lipinski definition) is 5. The average molecular weight is 325 g/mol. The van der Waals surface area contributed by atoms with Crippen molar-refractivity contribution in [1.29, 1.82) is 0 Å². The lowest BCUT2D eigenvalue weighted by molar-refractivity contribution is 0.392. The van der Waals surface area contributed by atoms with Gasteiger partial charge in [-0.25, -0.2) is 18.1 Å². The van der Waals surface area contributed by atoms with Crippen LogP contribution in [-0.4, -0.2) is 35.3 Å². The van der Waals surface area contributed by atoms with E-state index in [0.717, 1.165) is 11.1 Å². The van der Waals surface area contributed by atoms with Gasteiger partial charge < -0.3 is 5.73 Å². The van der Waals surface area contributed by atoms with Crippen molar-refractivity contribution in [2.45, 2.75) is 44.0 Å². The van der Waals surface area contributed by atoms with Crippen molar-refractivity contribution in [1.82, 2.24) is 19.5 Å². The Balaban J connectivity index is 2.32. The molecule has 3 N–H and O–H groups in total. The van der Waals surface area contributed by atoms with Crippen LogP contribution in [0, 0.1) is 6.92 Å². The van der Waals surface area contributed by atoms with Gasteiger partial charge in [-0.15, -0.1) is 0 Å². The summed E-state index contributed by atoms with van der Waals surface area (Å²) in [6.45, 7) is 5.92. The number of nitrogens with two attached hydrogens (primary N) is 1. The predicted molar refractivity (Wildman–Crippen MR) is 85.9 cm³/mol. The minimum atomic E-state index is -3.64. The molecule has 122 valence electrons. The molecule has 0 amide bonds. The maximum atomic E-state index is 12.4. The number of nitrogens with one attached hydrogen (secondary N) is 1. The second-order valence-electron chi connectivity index (χ2n) is 5.65. The summed E-state index contributed by atoms with van der Waals surface area (Å²) in [6, 6.07) is 1.60. The van der Waals surface area contributed by atoms with Crippen molar-refractivity contribution >= 4 is 21.1 Å². The number of nitrogens with zero attached hydrogens (tertiary/aromatic N) is 3. The summed E-state index contributed by atoms with van der Waals surface area (Å²) < 4.78 is 29.1. The number of aryl methyl sites for hydroxylation is 2. The van der Waals surface area contributed by atoms with Gasteiger partial charge in [0.2, 0.25) is 10.0 Å². The van der Waals surface area contributed by atoms with Crippen LogP contribution < -0.4 is 10.5 Å². The normalized spacial score (nSPS) is 13.0. The molecule has 0 bridgehead atoms. The Bertz CT molecular complexity index is 778. The first-order valence-electron chi connectivity index (χ1n) is 7.30. The van der Waals surface area contributed by atoms with E-state index in [1.807, 2.05) is 20.8 Å². The third-order valence-electron chi connectivity index (χ3n) is 4.17. The molecule has 2 aromatic heterocycles. The smallest absolute Gasteiger partial charge is 0.242 e. The second kappa shape index (κ2) is 5.94. The lowest BCUT2D eigenvalue weighted by Gasteiger charge is -2.26. The summed E-state index contributed by atoms with van der Waals surface area (Å²) in [6.07, 6.45) is 2.75. The highest BCUT2D eigenvalue weighted by Crippen LogP contribution is 2.19. The Kier molecular flexibility index (Phi) is 4.55. The van der Waals surface area contributed by atoms with Crippen LogP contribution >= 0.6 is 0 Å². The first-order valence-corrected chi connectivity index (χ1v) is 8.78. The van der Waals surface area contributed by atoms with Gasteiger partial charge in [-0.3, -0.25) is 4.68 Å². The SMILES string of the molecule is CCC(N)(CC)CNS(=O)(=O)c1cnc2c(c1)c(C)nn2C. The largest absolute Gasteiger partial charge is 0.324 e. The second-order valence-corrected chi connectivity index (χ2v) is 7.41. The molecule has 0 aromatic carbocycles. The van der Waals surface area contributed by atoms with E-state index in [9.17, 15) is 8.42 Å². The van der Waals surface area contributed by atoms with Crippen LogP contribution in [0.1, 0.15) is 32.4 Å². The van der Waals surface area contributed by atoms with Gasteiger partial charge in [-0.05, 0) is 25.8 Å². The first kappa shape index (κ1) is 16.9. The highest BCUT2D eigenvalue weighted by Gasteiger charge is 2.24. The molecule has 8 heteroatoms.